The van der Waals surface area contributed by atoms with E-state index in [1.54, 1.807) is 6.20 Å². The molecule has 106 valence electrons. The van der Waals surface area contributed by atoms with Gasteiger partial charge in [-0.25, -0.2) is 14.6 Å². The zero-order valence-electron chi connectivity index (χ0n) is 10.8. The third-order valence-corrected chi connectivity index (χ3v) is 3.22. The Kier molecular flexibility index (Phi) is 6.23. The van der Waals surface area contributed by atoms with Gasteiger partial charge in [0.2, 0.25) is 0 Å². The van der Waals surface area contributed by atoms with Gasteiger partial charge < -0.3 is 20.5 Å². The van der Waals surface area contributed by atoms with Crippen molar-refractivity contribution in [2.45, 2.75) is 25.9 Å². The second kappa shape index (κ2) is 7.70. The Morgan fingerprint density at radius 2 is 2.32 bits per heavy atom. The van der Waals surface area contributed by atoms with E-state index in [1.165, 1.54) is 18.4 Å². The zero-order valence-corrected chi connectivity index (χ0v) is 11.6. The first-order valence-electron chi connectivity index (χ1n) is 5.70. The molecule has 0 aliphatic carbocycles. The number of thiazole rings is 1. The summed E-state index contributed by atoms with van der Waals surface area (Å²) in [7, 11) is 1.48. The van der Waals surface area contributed by atoms with Gasteiger partial charge in [-0.05, 0) is 6.92 Å². The average molecular weight is 287 g/mol. The minimum Gasteiger partial charge on any atom is -0.480 e. The highest BCUT2D eigenvalue weighted by Crippen LogP contribution is 2.10. The van der Waals surface area contributed by atoms with Crippen molar-refractivity contribution in [2.75, 3.05) is 13.7 Å². The maximum atomic E-state index is 11.6. The molecule has 0 radical (unpaired) electrons. The van der Waals surface area contributed by atoms with Crippen molar-refractivity contribution >= 4 is 23.3 Å². The molecule has 0 saturated carbocycles. The van der Waals surface area contributed by atoms with Crippen molar-refractivity contribution in [1.82, 2.24) is 15.6 Å². The fraction of sp³-hybridized carbons (Fsp3) is 0.545. The second-order valence-corrected chi connectivity index (χ2v) is 5.16. The molecular weight excluding hydrogens is 270 g/mol. The van der Waals surface area contributed by atoms with Crippen LogP contribution in [0.15, 0.2) is 6.20 Å². The van der Waals surface area contributed by atoms with Crippen LogP contribution in [0.1, 0.15) is 16.3 Å². The number of nitrogens with zero attached hydrogens (tertiary/aromatic N) is 1. The van der Waals surface area contributed by atoms with Gasteiger partial charge in [-0.3, -0.25) is 0 Å². The molecule has 1 unspecified atom stereocenters. The molecule has 2 amide bonds. The fourth-order valence-electron chi connectivity index (χ4n) is 1.36. The lowest BCUT2D eigenvalue weighted by atomic mass is 10.2. The Labute approximate surface area is 115 Å². The molecule has 0 aromatic carbocycles. The first kappa shape index (κ1) is 15.4. The standard InChI is InChI=1S/C11H17N3O4S/c1-7-12-5-8(19-7)6-13-11(17)14-9(10(15)16)3-4-18-2/h5,9H,3-4,6H2,1-2H3,(H,15,16)(H2,13,14,17). The Bertz CT molecular complexity index is 435. The lowest BCUT2D eigenvalue weighted by Crippen LogP contribution is -2.46. The van der Waals surface area contributed by atoms with Crippen LogP contribution in [0.4, 0.5) is 4.79 Å². The Hall–Kier alpha value is -1.67. The summed E-state index contributed by atoms with van der Waals surface area (Å²) in [6.45, 7) is 2.47. The predicted octanol–water partition coefficient (Wildman–Crippen LogP) is 0.740. The molecule has 1 heterocycles. The van der Waals surface area contributed by atoms with Crippen LogP contribution in [0.3, 0.4) is 0 Å². The van der Waals surface area contributed by atoms with Gasteiger partial charge in [0.05, 0.1) is 11.6 Å². The zero-order chi connectivity index (χ0) is 14.3. The molecule has 8 heteroatoms. The number of hydrogen-bond acceptors (Lipinski definition) is 5. The van der Waals surface area contributed by atoms with Crippen molar-refractivity contribution in [2.24, 2.45) is 0 Å². The minimum absolute atomic E-state index is 0.221. The van der Waals surface area contributed by atoms with Gasteiger partial charge in [0.15, 0.2) is 0 Å². The van der Waals surface area contributed by atoms with Crippen molar-refractivity contribution in [3.63, 3.8) is 0 Å². The average Bonchev–Trinajstić information content (AvgIpc) is 2.77. The van der Waals surface area contributed by atoms with Crippen LogP contribution in [0.2, 0.25) is 0 Å². The summed E-state index contributed by atoms with van der Waals surface area (Å²) >= 11 is 1.48. The largest absolute Gasteiger partial charge is 0.480 e. The molecule has 1 rings (SSSR count). The van der Waals surface area contributed by atoms with E-state index in [0.29, 0.717) is 6.54 Å². The van der Waals surface area contributed by atoms with E-state index in [0.717, 1.165) is 9.88 Å². The number of ether oxygens (including phenoxy) is 1. The number of urea groups is 1. The highest BCUT2D eigenvalue weighted by molar-refractivity contribution is 7.11. The molecule has 19 heavy (non-hydrogen) atoms. The van der Waals surface area contributed by atoms with Crippen LogP contribution >= 0.6 is 11.3 Å². The third kappa shape index (κ3) is 5.66. The van der Waals surface area contributed by atoms with E-state index in [9.17, 15) is 9.59 Å². The number of methoxy groups -OCH3 is 1. The molecule has 1 atom stereocenters. The molecule has 3 N–H and O–H groups in total. The van der Waals surface area contributed by atoms with Crippen LogP contribution in [-0.2, 0) is 16.1 Å². The number of aliphatic carboxylic acids is 1. The number of carbonyl (C=O) groups excluding carboxylic acids is 1. The lowest BCUT2D eigenvalue weighted by molar-refractivity contribution is -0.139. The maximum absolute atomic E-state index is 11.6. The summed E-state index contributed by atoms with van der Waals surface area (Å²) in [4.78, 5) is 27.4. The van der Waals surface area contributed by atoms with Crippen molar-refractivity contribution < 1.29 is 19.4 Å². The molecule has 0 aliphatic rings. The van der Waals surface area contributed by atoms with E-state index < -0.39 is 18.0 Å². The molecule has 0 aliphatic heterocycles. The molecule has 1 aromatic rings. The molecule has 7 nitrogen and oxygen atoms in total. The number of aryl methyl sites for hydroxylation is 1. The number of carboxylic acids is 1. The van der Waals surface area contributed by atoms with E-state index in [1.807, 2.05) is 6.92 Å². The number of amides is 2. The summed E-state index contributed by atoms with van der Waals surface area (Å²) in [5.74, 6) is -1.08. The second-order valence-electron chi connectivity index (χ2n) is 3.84. The molecule has 0 spiro atoms. The smallest absolute Gasteiger partial charge is 0.326 e. The van der Waals surface area contributed by atoms with Gasteiger partial charge in [0.25, 0.3) is 0 Å². The van der Waals surface area contributed by atoms with Gasteiger partial charge in [0, 0.05) is 31.2 Å². The molecule has 0 saturated heterocycles. The third-order valence-electron chi connectivity index (χ3n) is 2.31. The van der Waals surface area contributed by atoms with Crippen LogP contribution in [0.25, 0.3) is 0 Å². The fourth-order valence-corrected chi connectivity index (χ4v) is 2.09. The van der Waals surface area contributed by atoms with E-state index in [4.69, 9.17) is 9.84 Å². The number of nitrogens with one attached hydrogen (secondary N) is 2. The van der Waals surface area contributed by atoms with E-state index in [-0.39, 0.29) is 13.0 Å². The molecule has 0 fully saturated rings. The van der Waals surface area contributed by atoms with Gasteiger partial charge in [-0.2, -0.15) is 0 Å². The van der Waals surface area contributed by atoms with Gasteiger partial charge in [-0.1, -0.05) is 0 Å². The first-order valence-corrected chi connectivity index (χ1v) is 6.52. The Morgan fingerprint density at radius 3 is 2.84 bits per heavy atom. The Balaban J connectivity index is 2.37. The summed E-state index contributed by atoms with van der Waals surface area (Å²) < 4.78 is 4.79. The number of carbonyl (C=O) groups is 2. The lowest BCUT2D eigenvalue weighted by Gasteiger charge is -2.14. The van der Waals surface area contributed by atoms with Crippen molar-refractivity contribution in [3.05, 3.63) is 16.1 Å². The van der Waals surface area contributed by atoms with Gasteiger partial charge in [0.1, 0.15) is 6.04 Å². The van der Waals surface area contributed by atoms with Crippen LogP contribution in [-0.4, -0.2) is 41.8 Å². The van der Waals surface area contributed by atoms with Crippen molar-refractivity contribution in [3.8, 4) is 0 Å². The van der Waals surface area contributed by atoms with Crippen molar-refractivity contribution in [1.29, 1.82) is 0 Å². The Morgan fingerprint density at radius 1 is 1.58 bits per heavy atom. The summed E-state index contributed by atoms with van der Waals surface area (Å²) in [6.07, 6.45) is 1.90. The molecular formula is C11H17N3O4S. The number of carboxylic acid groups (broad SMARTS) is 1. The predicted molar refractivity (Wildman–Crippen MR) is 70.1 cm³/mol. The van der Waals surface area contributed by atoms with Crippen LogP contribution in [0.5, 0.6) is 0 Å². The number of rotatable bonds is 7. The van der Waals surface area contributed by atoms with E-state index in [2.05, 4.69) is 15.6 Å². The van der Waals surface area contributed by atoms with Crippen LogP contribution < -0.4 is 10.6 Å². The normalized spacial score (nSPS) is 11.9. The quantitative estimate of drug-likeness (QED) is 0.686. The minimum atomic E-state index is -1.08. The SMILES string of the molecule is COCCC(NC(=O)NCc1cnc(C)s1)C(=O)O. The monoisotopic (exact) mass is 287 g/mol. The number of aromatic nitrogens is 1. The number of hydrogen-bond donors (Lipinski definition) is 3. The highest BCUT2D eigenvalue weighted by Gasteiger charge is 2.19. The summed E-state index contributed by atoms with van der Waals surface area (Å²) in [5.41, 5.74) is 0. The van der Waals surface area contributed by atoms with Gasteiger partial charge >= 0.3 is 12.0 Å². The van der Waals surface area contributed by atoms with Gasteiger partial charge in [-0.15, -0.1) is 11.3 Å². The maximum Gasteiger partial charge on any atom is 0.326 e. The summed E-state index contributed by atoms with van der Waals surface area (Å²) in [6, 6.07) is -1.47. The molecule has 1 aromatic heterocycles. The summed E-state index contributed by atoms with van der Waals surface area (Å²) in [5, 5.41) is 14.8. The van der Waals surface area contributed by atoms with E-state index >= 15 is 0 Å². The topological polar surface area (TPSA) is 101 Å². The van der Waals surface area contributed by atoms with Crippen LogP contribution in [0, 0.1) is 6.92 Å². The molecule has 0 bridgehead atoms. The highest BCUT2D eigenvalue weighted by atomic mass is 32.1. The first-order chi connectivity index (χ1) is 9.02.